The number of hydrogen-bond acceptors (Lipinski definition) is 3. The minimum Gasteiger partial charge on any atom is -0.481 e. The molecule has 0 bridgehead atoms. The molecule has 0 heterocycles. The van der Waals surface area contributed by atoms with Gasteiger partial charge in [0.2, 0.25) is 0 Å². The van der Waals surface area contributed by atoms with Crippen molar-refractivity contribution in [3.8, 4) is 0 Å². The summed E-state index contributed by atoms with van der Waals surface area (Å²) in [5.74, 6) is -1.92. The molecule has 1 atom stereocenters. The van der Waals surface area contributed by atoms with Crippen LogP contribution >= 0.6 is 0 Å². The van der Waals surface area contributed by atoms with Crippen LogP contribution in [-0.2, 0) is 9.59 Å². The minimum absolute atomic E-state index is 0.0497. The van der Waals surface area contributed by atoms with Crippen molar-refractivity contribution in [3.63, 3.8) is 0 Å². The molecule has 0 spiro atoms. The lowest BCUT2D eigenvalue weighted by atomic mass is 10.0. The molecule has 0 saturated heterocycles. The Kier molecular flexibility index (Phi) is 5.06. The number of carboxylic acid groups (broad SMARTS) is 2. The monoisotopic (exact) mass is 189 g/mol. The average molecular weight is 189 g/mol. The van der Waals surface area contributed by atoms with E-state index in [0.29, 0.717) is 0 Å². The SMILES string of the molecule is CC(C)[C@H](NCCC(=O)O)C(=O)O. The Morgan fingerprint density at radius 1 is 1.31 bits per heavy atom. The predicted octanol–water partition coefficient (Wildman–Crippen LogP) is 0.160. The van der Waals surface area contributed by atoms with Crippen molar-refractivity contribution < 1.29 is 19.8 Å². The second kappa shape index (κ2) is 5.53. The molecule has 0 saturated carbocycles. The summed E-state index contributed by atoms with van der Waals surface area (Å²) in [5.41, 5.74) is 0. The quantitative estimate of drug-likeness (QED) is 0.554. The number of aliphatic carboxylic acids is 2. The Hall–Kier alpha value is -1.10. The zero-order chi connectivity index (χ0) is 10.4. The molecule has 0 amide bonds. The molecule has 0 aliphatic carbocycles. The fraction of sp³-hybridized carbons (Fsp3) is 0.750. The maximum atomic E-state index is 10.6. The Morgan fingerprint density at radius 2 is 1.85 bits per heavy atom. The van der Waals surface area contributed by atoms with Crippen LogP contribution in [0.4, 0.5) is 0 Å². The van der Waals surface area contributed by atoms with Gasteiger partial charge in [-0.1, -0.05) is 13.8 Å². The second-order valence-corrected chi connectivity index (χ2v) is 3.16. The van der Waals surface area contributed by atoms with Crippen LogP contribution in [0.25, 0.3) is 0 Å². The molecule has 0 aromatic heterocycles. The third kappa shape index (κ3) is 5.19. The third-order valence-electron chi connectivity index (χ3n) is 1.64. The van der Waals surface area contributed by atoms with Crippen molar-refractivity contribution in [2.75, 3.05) is 6.54 Å². The van der Waals surface area contributed by atoms with Crippen molar-refractivity contribution in [2.45, 2.75) is 26.3 Å². The van der Waals surface area contributed by atoms with Crippen LogP contribution in [0.15, 0.2) is 0 Å². The van der Waals surface area contributed by atoms with Gasteiger partial charge in [-0.05, 0) is 5.92 Å². The van der Waals surface area contributed by atoms with E-state index in [1.54, 1.807) is 13.8 Å². The van der Waals surface area contributed by atoms with Crippen LogP contribution in [0, 0.1) is 5.92 Å². The molecule has 0 rings (SSSR count). The highest BCUT2D eigenvalue weighted by Gasteiger charge is 2.20. The van der Waals surface area contributed by atoms with Crippen LogP contribution in [0.2, 0.25) is 0 Å². The average Bonchev–Trinajstić information content (AvgIpc) is 1.95. The van der Waals surface area contributed by atoms with E-state index in [2.05, 4.69) is 5.32 Å². The van der Waals surface area contributed by atoms with Gasteiger partial charge in [-0.15, -0.1) is 0 Å². The minimum atomic E-state index is -0.944. The molecule has 13 heavy (non-hydrogen) atoms. The Morgan fingerprint density at radius 3 is 2.15 bits per heavy atom. The molecule has 5 nitrogen and oxygen atoms in total. The Labute approximate surface area is 76.8 Å². The van der Waals surface area contributed by atoms with Gasteiger partial charge in [0.15, 0.2) is 0 Å². The summed E-state index contributed by atoms with van der Waals surface area (Å²) in [6, 6.07) is -0.667. The number of carbonyl (C=O) groups is 2. The first kappa shape index (κ1) is 11.9. The Bertz CT molecular complexity index is 191. The van der Waals surface area contributed by atoms with Gasteiger partial charge in [0.25, 0.3) is 0 Å². The smallest absolute Gasteiger partial charge is 0.320 e. The van der Waals surface area contributed by atoms with Crippen LogP contribution in [0.5, 0.6) is 0 Å². The van der Waals surface area contributed by atoms with E-state index in [1.807, 2.05) is 0 Å². The van der Waals surface area contributed by atoms with Gasteiger partial charge in [0, 0.05) is 6.54 Å². The van der Waals surface area contributed by atoms with Crippen molar-refractivity contribution in [1.29, 1.82) is 0 Å². The number of carboxylic acids is 2. The lowest BCUT2D eigenvalue weighted by molar-refractivity contribution is -0.141. The molecule has 0 fully saturated rings. The highest BCUT2D eigenvalue weighted by Crippen LogP contribution is 2.01. The highest BCUT2D eigenvalue weighted by molar-refractivity contribution is 5.74. The zero-order valence-electron chi connectivity index (χ0n) is 7.78. The molecule has 0 radical (unpaired) electrons. The molecular formula is C8H15NO4. The maximum Gasteiger partial charge on any atom is 0.320 e. The lowest BCUT2D eigenvalue weighted by Gasteiger charge is -2.16. The van der Waals surface area contributed by atoms with E-state index >= 15 is 0 Å². The first-order chi connectivity index (χ1) is 5.95. The van der Waals surface area contributed by atoms with Gasteiger partial charge >= 0.3 is 11.9 Å². The summed E-state index contributed by atoms with van der Waals surface area (Å²) in [7, 11) is 0. The summed E-state index contributed by atoms with van der Waals surface area (Å²) in [4.78, 5) is 20.7. The van der Waals surface area contributed by atoms with Gasteiger partial charge in [0.1, 0.15) is 6.04 Å². The normalized spacial score (nSPS) is 12.8. The van der Waals surface area contributed by atoms with Crippen LogP contribution in [0.3, 0.4) is 0 Å². The van der Waals surface area contributed by atoms with Crippen LogP contribution in [0.1, 0.15) is 20.3 Å². The summed E-state index contributed by atoms with van der Waals surface area (Å²) in [6.45, 7) is 3.73. The molecule has 0 aliphatic heterocycles. The zero-order valence-corrected chi connectivity index (χ0v) is 7.78. The number of hydrogen-bond donors (Lipinski definition) is 3. The first-order valence-corrected chi connectivity index (χ1v) is 4.13. The van der Waals surface area contributed by atoms with E-state index in [-0.39, 0.29) is 18.9 Å². The fourth-order valence-corrected chi connectivity index (χ4v) is 0.943. The molecule has 5 heteroatoms. The number of rotatable bonds is 6. The van der Waals surface area contributed by atoms with Gasteiger partial charge in [-0.3, -0.25) is 9.59 Å². The molecule has 0 unspecified atom stereocenters. The summed E-state index contributed by atoms with van der Waals surface area (Å²) >= 11 is 0. The first-order valence-electron chi connectivity index (χ1n) is 4.13. The van der Waals surface area contributed by atoms with Crippen LogP contribution < -0.4 is 5.32 Å². The van der Waals surface area contributed by atoms with E-state index in [4.69, 9.17) is 10.2 Å². The maximum absolute atomic E-state index is 10.6. The Balaban J connectivity index is 3.84. The van der Waals surface area contributed by atoms with E-state index in [0.717, 1.165) is 0 Å². The highest BCUT2D eigenvalue weighted by atomic mass is 16.4. The van der Waals surface area contributed by atoms with Crippen molar-refractivity contribution >= 4 is 11.9 Å². The summed E-state index contributed by atoms with van der Waals surface area (Å²) < 4.78 is 0. The fourth-order valence-electron chi connectivity index (χ4n) is 0.943. The largest absolute Gasteiger partial charge is 0.481 e. The van der Waals surface area contributed by atoms with Crippen molar-refractivity contribution in [1.82, 2.24) is 5.32 Å². The van der Waals surface area contributed by atoms with E-state index in [1.165, 1.54) is 0 Å². The van der Waals surface area contributed by atoms with E-state index < -0.39 is 18.0 Å². The van der Waals surface area contributed by atoms with E-state index in [9.17, 15) is 9.59 Å². The van der Waals surface area contributed by atoms with Gasteiger partial charge in [0.05, 0.1) is 6.42 Å². The van der Waals surface area contributed by atoms with Gasteiger partial charge < -0.3 is 15.5 Å². The summed E-state index contributed by atoms with van der Waals surface area (Å²) in [5, 5.41) is 19.7. The summed E-state index contributed by atoms with van der Waals surface area (Å²) in [6.07, 6.45) is -0.0590. The standard InChI is InChI=1S/C8H15NO4/c1-5(2)7(8(12)13)9-4-3-6(10)11/h5,7,9H,3-4H2,1-2H3,(H,10,11)(H,12,13)/t7-/m0/s1. The van der Waals surface area contributed by atoms with Crippen LogP contribution in [-0.4, -0.2) is 34.7 Å². The topological polar surface area (TPSA) is 86.6 Å². The number of nitrogens with one attached hydrogen (secondary N) is 1. The van der Waals surface area contributed by atoms with Crippen molar-refractivity contribution in [3.05, 3.63) is 0 Å². The lowest BCUT2D eigenvalue weighted by Crippen LogP contribution is -2.41. The molecular weight excluding hydrogens is 174 g/mol. The molecule has 0 aromatic rings. The molecule has 0 aromatic carbocycles. The van der Waals surface area contributed by atoms with Crippen molar-refractivity contribution in [2.24, 2.45) is 5.92 Å². The molecule has 76 valence electrons. The van der Waals surface area contributed by atoms with Gasteiger partial charge in [-0.25, -0.2) is 0 Å². The third-order valence-corrected chi connectivity index (χ3v) is 1.64. The second-order valence-electron chi connectivity index (χ2n) is 3.16. The predicted molar refractivity (Wildman–Crippen MR) is 46.5 cm³/mol. The van der Waals surface area contributed by atoms with Gasteiger partial charge in [-0.2, -0.15) is 0 Å². The molecule has 3 N–H and O–H groups in total. The molecule has 0 aliphatic rings.